The Morgan fingerprint density at radius 3 is 2.17 bits per heavy atom. The molecule has 2 aliphatic rings. The van der Waals surface area contributed by atoms with E-state index in [-0.39, 0.29) is 23.9 Å². The average molecular weight is 405 g/mol. The Balaban J connectivity index is 1.43. The lowest BCUT2D eigenvalue weighted by atomic mass is 9.81. The molecule has 0 unspecified atom stereocenters. The summed E-state index contributed by atoms with van der Waals surface area (Å²) in [5, 5.41) is 8.60. The van der Waals surface area contributed by atoms with Crippen molar-refractivity contribution in [3.63, 3.8) is 0 Å². The summed E-state index contributed by atoms with van der Waals surface area (Å²) in [6.45, 7) is 0. The first kappa shape index (κ1) is 21.4. The van der Waals surface area contributed by atoms with Gasteiger partial charge in [-0.05, 0) is 80.9 Å². The van der Waals surface area contributed by atoms with Crippen LogP contribution >= 0.6 is 0 Å². The number of alkyl halides is 3. The van der Waals surface area contributed by atoms with E-state index >= 15 is 0 Å². The molecule has 2 aliphatic carbocycles. The molecular weight excluding hydrogens is 379 g/mol. The number of ether oxygens (including phenoxy) is 1. The number of carbonyl (C=O) groups excluding carboxylic acids is 1. The summed E-state index contributed by atoms with van der Waals surface area (Å²) < 4.78 is 43.8. The molecule has 1 aromatic carbocycles. The van der Waals surface area contributed by atoms with Crippen molar-refractivity contribution < 1.29 is 22.7 Å². The van der Waals surface area contributed by atoms with Crippen LogP contribution in [0, 0.1) is 23.2 Å². The average Bonchev–Trinajstić information content (AvgIpc) is 2.72. The van der Waals surface area contributed by atoms with E-state index in [0.717, 1.165) is 69.1 Å². The number of benzene rings is 1. The van der Waals surface area contributed by atoms with Crippen LogP contribution in [0.5, 0.6) is 0 Å². The highest BCUT2D eigenvalue weighted by atomic mass is 19.4. The molecular formula is C23H26F3NO2. The Bertz CT molecular complexity index is 748. The minimum absolute atomic E-state index is 0.0608. The van der Waals surface area contributed by atoms with Gasteiger partial charge >= 0.3 is 12.1 Å². The van der Waals surface area contributed by atoms with Gasteiger partial charge in [-0.3, -0.25) is 4.79 Å². The lowest BCUT2D eigenvalue weighted by Crippen LogP contribution is -2.29. The van der Waals surface area contributed by atoms with Gasteiger partial charge in [-0.2, -0.15) is 18.4 Å². The first-order valence-electron chi connectivity index (χ1n) is 10.3. The van der Waals surface area contributed by atoms with E-state index in [9.17, 15) is 18.0 Å². The van der Waals surface area contributed by atoms with Crippen molar-refractivity contribution in [3.8, 4) is 6.07 Å². The highest BCUT2D eigenvalue weighted by molar-refractivity contribution is 5.72. The zero-order chi connectivity index (χ0) is 20.9. The minimum atomic E-state index is -4.31. The van der Waals surface area contributed by atoms with Crippen LogP contribution in [-0.4, -0.2) is 12.1 Å². The zero-order valence-electron chi connectivity index (χ0n) is 16.3. The van der Waals surface area contributed by atoms with Crippen molar-refractivity contribution in [3.05, 3.63) is 47.5 Å². The third-order valence-corrected chi connectivity index (χ3v) is 6.21. The number of rotatable bonds is 4. The zero-order valence-corrected chi connectivity index (χ0v) is 16.3. The van der Waals surface area contributed by atoms with Crippen LogP contribution in [0.2, 0.25) is 0 Å². The van der Waals surface area contributed by atoms with E-state index in [0.29, 0.717) is 5.92 Å². The molecule has 29 heavy (non-hydrogen) atoms. The van der Waals surface area contributed by atoms with Crippen LogP contribution in [0.3, 0.4) is 0 Å². The number of esters is 1. The topological polar surface area (TPSA) is 50.1 Å². The lowest BCUT2D eigenvalue weighted by molar-refractivity contribution is -0.157. The maximum absolute atomic E-state index is 12.7. The molecule has 0 heterocycles. The van der Waals surface area contributed by atoms with Gasteiger partial charge in [0.1, 0.15) is 6.10 Å². The van der Waals surface area contributed by atoms with E-state index in [1.165, 1.54) is 6.08 Å². The molecule has 2 fully saturated rings. The first-order chi connectivity index (χ1) is 13.9. The van der Waals surface area contributed by atoms with E-state index in [1.54, 1.807) is 12.1 Å². The van der Waals surface area contributed by atoms with Gasteiger partial charge in [0.15, 0.2) is 0 Å². The fraction of sp³-hybridized carbons (Fsp3) is 0.565. The molecule has 0 saturated heterocycles. The van der Waals surface area contributed by atoms with Gasteiger partial charge in [0.05, 0.1) is 17.6 Å². The highest BCUT2D eigenvalue weighted by Crippen LogP contribution is 2.37. The van der Waals surface area contributed by atoms with E-state index in [1.807, 2.05) is 12.1 Å². The summed E-state index contributed by atoms with van der Waals surface area (Å²) in [5.74, 6) is 0.410. The maximum Gasteiger partial charge on any atom is 0.416 e. The molecule has 156 valence electrons. The second-order valence-electron chi connectivity index (χ2n) is 8.13. The van der Waals surface area contributed by atoms with Gasteiger partial charge in [-0.25, -0.2) is 0 Å². The van der Waals surface area contributed by atoms with E-state index < -0.39 is 11.7 Å². The molecule has 6 heteroatoms. The van der Waals surface area contributed by atoms with Crippen molar-refractivity contribution in [2.24, 2.45) is 11.8 Å². The van der Waals surface area contributed by atoms with Crippen LogP contribution in [0.1, 0.15) is 68.4 Å². The number of halogens is 3. The fourth-order valence-corrected chi connectivity index (χ4v) is 4.45. The summed E-state index contributed by atoms with van der Waals surface area (Å²) in [6, 6.07) is 7.43. The number of hydrogen-bond acceptors (Lipinski definition) is 3. The SMILES string of the molecule is N#CC=CC1CCC(C(=O)OC2CCC(c3ccc(C(F)(F)F)cc3)CC2)CC1. The number of hydrogen-bond donors (Lipinski definition) is 0. The molecule has 0 radical (unpaired) electrons. The maximum atomic E-state index is 12.7. The quantitative estimate of drug-likeness (QED) is 0.445. The molecule has 1 aromatic rings. The van der Waals surface area contributed by atoms with Crippen molar-refractivity contribution in [2.75, 3.05) is 0 Å². The molecule has 0 atom stereocenters. The van der Waals surface area contributed by atoms with Crippen LogP contribution < -0.4 is 0 Å². The summed E-state index contributed by atoms with van der Waals surface area (Å²) in [4.78, 5) is 12.5. The lowest BCUT2D eigenvalue weighted by Gasteiger charge is -2.31. The molecule has 3 nitrogen and oxygen atoms in total. The van der Waals surface area contributed by atoms with Crippen molar-refractivity contribution in [1.29, 1.82) is 5.26 Å². The van der Waals surface area contributed by atoms with Gasteiger partial charge in [-0.1, -0.05) is 18.2 Å². The summed E-state index contributed by atoms with van der Waals surface area (Å²) in [7, 11) is 0. The number of nitrogens with zero attached hydrogens (tertiary/aromatic N) is 1. The largest absolute Gasteiger partial charge is 0.462 e. The summed E-state index contributed by atoms with van der Waals surface area (Å²) in [6.07, 6.45) is 5.54. The van der Waals surface area contributed by atoms with Crippen LogP contribution in [0.4, 0.5) is 13.2 Å². The third-order valence-electron chi connectivity index (χ3n) is 6.21. The van der Waals surface area contributed by atoms with Crippen molar-refractivity contribution in [1.82, 2.24) is 0 Å². The molecule has 0 amide bonds. The normalized spacial score (nSPS) is 28.1. The summed E-state index contributed by atoms with van der Waals surface area (Å²) in [5.41, 5.74) is 0.299. The second-order valence-corrected chi connectivity index (χ2v) is 8.13. The van der Waals surface area contributed by atoms with Gasteiger partial charge in [0.2, 0.25) is 0 Å². The molecule has 0 N–H and O–H groups in total. The predicted molar refractivity (Wildman–Crippen MR) is 103 cm³/mol. The summed E-state index contributed by atoms with van der Waals surface area (Å²) >= 11 is 0. The Labute approximate surface area is 169 Å². The fourth-order valence-electron chi connectivity index (χ4n) is 4.45. The molecule has 0 aliphatic heterocycles. The Hall–Kier alpha value is -2.29. The monoisotopic (exact) mass is 405 g/mol. The van der Waals surface area contributed by atoms with Gasteiger partial charge in [0, 0.05) is 6.08 Å². The van der Waals surface area contributed by atoms with Crippen molar-refractivity contribution in [2.45, 2.75) is 69.6 Å². The van der Waals surface area contributed by atoms with Crippen LogP contribution in [-0.2, 0) is 15.7 Å². The predicted octanol–water partition coefficient (Wildman–Crippen LogP) is 6.16. The Morgan fingerprint density at radius 1 is 1.00 bits per heavy atom. The molecule has 3 rings (SSSR count). The van der Waals surface area contributed by atoms with E-state index in [2.05, 4.69) is 0 Å². The van der Waals surface area contributed by atoms with E-state index in [4.69, 9.17) is 10.00 Å². The standard InChI is InChI=1S/C23H26F3NO2/c24-23(25,26)20-11-7-17(8-12-20)18-9-13-21(14-10-18)29-22(28)19-5-3-16(4-6-19)2-1-15-27/h1-2,7-8,11-12,16,18-19,21H,3-6,9-10,13-14H2. The minimum Gasteiger partial charge on any atom is -0.462 e. The molecule has 2 saturated carbocycles. The number of carbonyl (C=O) groups is 1. The van der Waals surface area contributed by atoms with Crippen LogP contribution in [0.15, 0.2) is 36.4 Å². The molecule has 0 bridgehead atoms. The van der Waals surface area contributed by atoms with Crippen molar-refractivity contribution >= 4 is 5.97 Å². The van der Waals surface area contributed by atoms with Gasteiger partial charge < -0.3 is 4.74 Å². The molecule has 0 spiro atoms. The smallest absolute Gasteiger partial charge is 0.416 e. The van der Waals surface area contributed by atoms with Gasteiger partial charge in [-0.15, -0.1) is 0 Å². The highest BCUT2D eigenvalue weighted by Gasteiger charge is 2.32. The first-order valence-corrected chi connectivity index (χ1v) is 10.3. The molecule has 0 aromatic heterocycles. The second kappa shape index (κ2) is 9.47. The number of nitriles is 1. The third kappa shape index (κ3) is 5.85. The Morgan fingerprint density at radius 2 is 1.62 bits per heavy atom. The van der Waals surface area contributed by atoms with Gasteiger partial charge in [0.25, 0.3) is 0 Å². The van der Waals surface area contributed by atoms with Crippen LogP contribution in [0.25, 0.3) is 0 Å². The Kier molecular flexibility index (Phi) is 7.00. The number of allylic oxidation sites excluding steroid dienone is 2.